The van der Waals surface area contributed by atoms with E-state index in [-0.39, 0.29) is 30.1 Å². The van der Waals surface area contributed by atoms with Crippen LogP contribution >= 0.6 is 28.1 Å². The van der Waals surface area contributed by atoms with E-state index in [9.17, 15) is 9.18 Å². The van der Waals surface area contributed by atoms with E-state index >= 15 is 0 Å². The summed E-state index contributed by atoms with van der Waals surface area (Å²) in [6.45, 7) is 0.314. The molecule has 3 heterocycles. The number of benzene rings is 2. The maximum Gasteiger partial charge on any atom is 0.226 e. The summed E-state index contributed by atoms with van der Waals surface area (Å²) in [5, 5.41) is 6.47. The minimum absolute atomic E-state index is 0.113. The maximum absolute atomic E-state index is 14.0. The van der Waals surface area contributed by atoms with E-state index in [1.165, 1.54) is 12.1 Å². The zero-order valence-electron chi connectivity index (χ0n) is 19.0. The van der Waals surface area contributed by atoms with E-state index in [2.05, 4.69) is 31.5 Å². The van der Waals surface area contributed by atoms with Gasteiger partial charge < -0.3 is 20.0 Å². The van der Waals surface area contributed by atoms with E-state index in [0.717, 1.165) is 21.5 Å². The van der Waals surface area contributed by atoms with Crippen molar-refractivity contribution in [2.24, 2.45) is 0 Å². The molecule has 6 nitrogen and oxygen atoms in total. The molecular weight excluding hydrogens is 543 g/mol. The van der Waals surface area contributed by atoms with Crippen LogP contribution in [0.2, 0.25) is 0 Å². The van der Waals surface area contributed by atoms with E-state index in [1.54, 1.807) is 18.3 Å². The molecule has 0 unspecified atom stereocenters. The van der Waals surface area contributed by atoms with E-state index in [4.69, 9.17) is 16.6 Å². The van der Waals surface area contributed by atoms with Crippen LogP contribution < -0.4 is 10.6 Å². The summed E-state index contributed by atoms with van der Waals surface area (Å²) in [5.41, 5.74) is 1.91. The molecule has 1 aliphatic rings. The maximum atomic E-state index is 14.0. The number of halogens is 2. The Morgan fingerprint density at radius 1 is 1.08 bits per heavy atom. The van der Waals surface area contributed by atoms with Crippen LogP contribution in [0.5, 0.6) is 0 Å². The lowest BCUT2D eigenvalue weighted by molar-refractivity contribution is -0.116. The Morgan fingerprint density at radius 2 is 1.86 bits per heavy atom. The van der Waals surface area contributed by atoms with Crippen molar-refractivity contribution < 1.29 is 13.6 Å². The number of pyridine rings is 1. The van der Waals surface area contributed by atoms with Gasteiger partial charge in [-0.15, -0.1) is 0 Å². The van der Waals surface area contributed by atoms with Crippen LogP contribution in [0.25, 0.3) is 11.3 Å². The van der Waals surface area contributed by atoms with Gasteiger partial charge in [-0.25, -0.2) is 4.39 Å². The fraction of sp³-hybridized carbons (Fsp3) is 0.148. The predicted molar refractivity (Wildman–Crippen MR) is 144 cm³/mol. The van der Waals surface area contributed by atoms with Crippen molar-refractivity contribution in [1.82, 2.24) is 15.2 Å². The molecule has 182 valence electrons. The third kappa shape index (κ3) is 5.17. The fourth-order valence-electron chi connectivity index (χ4n) is 4.23. The fourth-order valence-corrected chi connectivity index (χ4v) is 4.83. The van der Waals surface area contributed by atoms with Gasteiger partial charge in [-0.1, -0.05) is 46.3 Å². The smallest absolute Gasteiger partial charge is 0.226 e. The Kier molecular flexibility index (Phi) is 7.11. The molecule has 9 heteroatoms. The number of carbonyl (C=O) groups is 1. The summed E-state index contributed by atoms with van der Waals surface area (Å²) >= 11 is 9.12. The van der Waals surface area contributed by atoms with Crippen LogP contribution in [0, 0.1) is 5.82 Å². The van der Waals surface area contributed by atoms with Crippen LogP contribution in [-0.4, -0.2) is 27.4 Å². The number of furan rings is 1. The first-order valence-corrected chi connectivity index (χ1v) is 12.6. The van der Waals surface area contributed by atoms with Crippen molar-refractivity contribution in [2.75, 3.05) is 11.9 Å². The van der Waals surface area contributed by atoms with Gasteiger partial charge >= 0.3 is 0 Å². The SMILES string of the molecule is O=C(CCN1C(=S)N[C@H](c2ccccn2)[C@H]1c1ccc(-c2ccc(Br)cc2)o1)Nc1ccccc1F. The van der Waals surface area contributed by atoms with Gasteiger partial charge in [-0.3, -0.25) is 9.78 Å². The van der Waals surface area contributed by atoms with Gasteiger partial charge in [-0.2, -0.15) is 0 Å². The molecule has 2 N–H and O–H groups in total. The Balaban J connectivity index is 1.40. The molecule has 0 radical (unpaired) electrons. The first kappa shape index (κ1) is 24.1. The lowest BCUT2D eigenvalue weighted by atomic mass is 10.0. The van der Waals surface area contributed by atoms with Gasteiger partial charge in [0.15, 0.2) is 5.11 Å². The second kappa shape index (κ2) is 10.6. The molecule has 36 heavy (non-hydrogen) atoms. The summed E-state index contributed by atoms with van der Waals surface area (Å²) < 4.78 is 21.3. The van der Waals surface area contributed by atoms with Crippen LogP contribution in [0.1, 0.15) is 30.0 Å². The number of nitrogens with one attached hydrogen (secondary N) is 2. The Labute approximate surface area is 221 Å². The van der Waals surface area contributed by atoms with Gasteiger partial charge in [-0.05, 0) is 60.7 Å². The van der Waals surface area contributed by atoms with Gasteiger partial charge in [0.2, 0.25) is 5.91 Å². The van der Waals surface area contributed by atoms with Gasteiger partial charge in [0.05, 0.1) is 17.4 Å². The minimum atomic E-state index is -0.478. The van der Waals surface area contributed by atoms with E-state index in [1.807, 2.05) is 59.5 Å². The van der Waals surface area contributed by atoms with Crippen LogP contribution in [0.15, 0.2) is 93.9 Å². The Morgan fingerprint density at radius 3 is 2.61 bits per heavy atom. The molecule has 4 aromatic rings. The number of para-hydroxylation sites is 1. The van der Waals surface area contributed by atoms with E-state index < -0.39 is 5.82 Å². The van der Waals surface area contributed by atoms with Gasteiger partial charge in [0.25, 0.3) is 0 Å². The van der Waals surface area contributed by atoms with Crippen molar-refractivity contribution in [3.63, 3.8) is 0 Å². The summed E-state index contributed by atoms with van der Waals surface area (Å²) in [6, 6.07) is 22.9. The summed E-state index contributed by atoms with van der Waals surface area (Å²) in [4.78, 5) is 19.1. The molecule has 0 saturated carbocycles. The second-order valence-corrected chi connectivity index (χ2v) is 9.61. The molecule has 0 bridgehead atoms. The summed E-state index contributed by atoms with van der Waals surface area (Å²) in [7, 11) is 0. The standard InChI is InChI=1S/C27H22BrFN4O2S/c28-18-10-8-17(9-11-18)22-12-13-23(35-22)26-25(21-7-3-4-15-30-21)32-27(36)33(26)16-14-24(34)31-20-6-2-1-5-19(20)29/h1-13,15,25-26H,14,16H2,(H,31,34)(H,32,36)/t25-,26-/m1/s1. The van der Waals surface area contributed by atoms with Crippen molar-refractivity contribution in [3.05, 3.63) is 107 Å². The monoisotopic (exact) mass is 564 g/mol. The quantitative estimate of drug-likeness (QED) is 0.259. The Hall–Kier alpha value is -3.56. The zero-order valence-corrected chi connectivity index (χ0v) is 21.4. The average molecular weight is 565 g/mol. The molecule has 2 atom stereocenters. The molecule has 1 fully saturated rings. The summed E-state index contributed by atoms with van der Waals surface area (Å²) in [5.74, 6) is 0.643. The molecule has 0 aliphatic carbocycles. The highest BCUT2D eigenvalue weighted by atomic mass is 79.9. The Bertz CT molecular complexity index is 1380. The number of hydrogen-bond acceptors (Lipinski definition) is 4. The van der Waals surface area contributed by atoms with Crippen molar-refractivity contribution >= 4 is 44.9 Å². The van der Waals surface area contributed by atoms with Crippen molar-refractivity contribution in [3.8, 4) is 11.3 Å². The van der Waals surface area contributed by atoms with Crippen molar-refractivity contribution in [2.45, 2.75) is 18.5 Å². The van der Waals surface area contributed by atoms with Crippen molar-refractivity contribution in [1.29, 1.82) is 0 Å². The number of anilines is 1. The zero-order chi connectivity index (χ0) is 25.1. The predicted octanol–water partition coefficient (Wildman–Crippen LogP) is 6.24. The topological polar surface area (TPSA) is 70.4 Å². The molecule has 2 aromatic heterocycles. The normalized spacial score (nSPS) is 17.2. The lowest BCUT2D eigenvalue weighted by Gasteiger charge is -2.25. The molecule has 5 rings (SSSR count). The largest absolute Gasteiger partial charge is 0.459 e. The highest BCUT2D eigenvalue weighted by Gasteiger charge is 2.41. The lowest BCUT2D eigenvalue weighted by Crippen LogP contribution is -2.32. The number of hydrogen-bond donors (Lipinski definition) is 2. The highest BCUT2D eigenvalue weighted by molar-refractivity contribution is 9.10. The number of carbonyl (C=O) groups excluding carboxylic acids is 1. The molecule has 2 aromatic carbocycles. The van der Waals surface area contributed by atoms with Gasteiger partial charge in [0, 0.05) is 29.2 Å². The number of amides is 1. The van der Waals surface area contributed by atoms with Crippen LogP contribution in [0.3, 0.4) is 0 Å². The number of aromatic nitrogens is 1. The minimum Gasteiger partial charge on any atom is -0.459 e. The molecular formula is C27H22BrFN4O2S. The molecule has 1 saturated heterocycles. The second-order valence-electron chi connectivity index (χ2n) is 8.31. The summed E-state index contributed by atoms with van der Waals surface area (Å²) in [6.07, 6.45) is 1.85. The van der Waals surface area contributed by atoms with Crippen LogP contribution in [-0.2, 0) is 4.79 Å². The first-order valence-electron chi connectivity index (χ1n) is 11.4. The van der Waals surface area contributed by atoms with E-state index in [0.29, 0.717) is 17.4 Å². The molecule has 1 aliphatic heterocycles. The number of thiocarbonyl (C=S) groups is 1. The highest BCUT2D eigenvalue weighted by Crippen LogP contribution is 2.40. The average Bonchev–Trinajstić information content (AvgIpc) is 3.50. The molecule has 0 spiro atoms. The first-order chi connectivity index (χ1) is 17.5. The number of nitrogens with zero attached hydrogens (tertiary/aromatic N) is 2. The molecule has 1 amide bonds. The third-order valence-electron chi connectivity index (χ3n) is 5.97. The van der Waals surface area contributed by atoms with Gasteiger partial charge in [0.1, 0.15) is 23.4 Å². The number of rotatable bonds is 7. The van der Waals surface area contributed by atoms with Crippen LogP contribution in [0.4, 0.5) is 10.1 Å². The third-order valence-corrected chi connectivity index (χ3v) is 6.85.